The molecule has 0 bridgehead atoms. The van der Waals surface area contributed by atoms with Crippen molar-refractivity contribution < 1.29 is 9.90 Å². The smallest absolute Gasteiger partial charge is 0.257 e. The quantitative estimate of drug-likeness (QED) is 0.817. The molecule has 100 valence electrons. The summed E-state index contributed by atoms with van der Waals surface area (Å²) in [6.45, 7) is 7.27. The van der Waals surface area contributed by atoms with Crippen molar-refractivity contribution in [3.8, 4) is 0 Å². The summed E-state index contributed by atoms with van der Waals surface area (Å²) in [6.07, 6.45) is 4.64. The number of carbonyl (C=O) groups is 1. The third-order valence-corrected chi connectivity index (χ3v) is 3.20. The van der Waals surface area contributed by atoms with Gasteiger partial charge in [0.05, 0.1) is 23.4 Å². The highest BCUT2D eigenvalue weighted by Crippen LogP contribution is 2.16. The van der Waals surface area contributed by atoms with Crippen LogP contribution >= 0.6 is 0 Å². The molecule has 18 heavy (non-hydrogen) atoms. The minimum atomic E-state index is -0.389. The molecule has 1 unspecified atom stereocenters. The molecule has 0 aliphatic carbocycles. The SMILES string of the molecule is CC(C)(C)n1cc(C(=O)N2CCCC(O)C2)cn1. The van der Waals surface area contributed by atoms with Gasteiger partial charge in [-0.2, -0.15) is 5.10 Å². The zero-order valence-corrected chi connectivity index (χ0v) is 11.3. The Morgan fingerprint density at radius 1 is 1.50 bits per heavy atom. The van der Waals surface area contributed by atoms with Gasteiger partial charge < -0.3 is 10.0 Å². The Bertz CT molecular complexity index is 434. The zero-order valence-electron chi connectivity index (χ0n) is 11.3. The van der Waals surface area contributed by atoms with Gasteiger partial charge in [0.15, 0.2) is 0 Å². The van der Waals surface area contributed by atoms with Crippen LogP contribution in [0.4, 0.5) is 0 Å². The van der Waals surface area contributed by atoms with Crippen LogP contribution in [0.25, 0.3) is 0 Å². The second-order valence-electron chi connectivity index (χ2n) is 5.89. The first kappa shape index (κ1) is 13.1. The van der Waals surface area contributed by atoms with Crippen LogP contribution < -0.4 is 0 Å². The van der Waals surface area contributed by atoms with E-state index in [1.54, 1.807) is 22.0 Å². The Morgan fingerprint density at radius 3 is 2.78 bits per heavy atom. The van der Waals surface area contributed by atoms with Crippen LogP contribution in [-0.4, -0.2) is 44.9 Å². The van der Waals surface area contributed by atoms with Crippen LogP contribution in [0.15, 0.2) is 12.4 Å². The number of hydrogen-bond acceptors (Lipinski definition) is 3. The molecule has 1 aromatic rings. The van der Waals surface area contributed by atoms with Crippen molar-refractivity contribution in [1.29, 1.82) is 0 Å². The predicted octanol–water partition coefficient (Wildman–Crippen LogP) is 1.23. The molecule has 0 saturated carbocycles. The molecule has 5 heteroatoms. The summed E-state index contributed by atoms with van der Waals surface area (Å²) in [5, 5.41) is 13.8. The summed E-state index contributed by atoms with van der Waals surface area (Å²) >= 11 is 0. The van der Waals surface area contributed by atoms with Crippen molar-refractivity contribution in [3.63, 3.8) is 0 Å². The topological polar surface area (TPSA) is 58.4 Å². The molecule has 0 radical (unpaired) electrons. The Kier molecular flexibility index (Phi) is 3.43. The van der Waals surface area contributed by atoms with Crippen molar-refractivity contribution in [2.24, 2.45) is 0 Å². The standard InChI is InChI=1S/C13H21N3O2/c1-13(2,3)16-8-10(7-14-16)12(18)15-6-4-5-11(17)9-15/h7-8,11,17H,4-6,9H2,1-3H3. The Hall–Kier alpha value is -1.36. The predicted molar refractivity (Wildman–Crippen MR) is 68.4 cm³/mol. The molecule has 0 spiro atoms. The summed E-state index contributed by atoms with van der Waals surface area (Å²) in [7, 11) is 0. The number of β-amino-alcohol motifs (C(OH)–C–C–N with tert-alkyl or cyclic N) is 1. The van der Waals surface area contributed by atoms with E-state index in [1.807, 2.05) is 20.8 Å². The Labute approximate surface area is 107 Å². The fourth-order valence-electron chi connectivity index (χ4n) is 2.12. The summed E-state index contributed by atoms with van der Waals surface area (Å²) in [5.41, 5.74) is 0.471. The first-order chi connectivity index (χ1) is 8.38. The van der Waals surface area contributed by atoms with E-state index in [0.717, 1.165) is 19.4 Å². The van der Waals surface area contributed by atoms with Crippen molar-refractivity contribution in [3.05, 3.63) is 18.0 Å². The van der Waals surface area contributed by atoms with Crippen molar-refractivity contribution in [2.75, 3.05) is 13.1 Å². The van der Waals surface area contributed by atoms with Gasteiger partial charge in [0.2, 0.25) is 0 Å². The summed E-state index contributed by atoms with van der Waals surface area (Å²) in [4.78, 5) is 14.0. The molecular formula is C13H21N3O2. The van der Waals surface area contributed by atoms with Gasteiger partial charge in [-0.25, -0.2) is 0 Å². The normalized spacial score (nSPS) is 21.1. The van der Waals surface area contributed by atoms with Crippen molar-refractivity contribution >= 4 is 5.91 Å². The number of aromatic nitrogens is 2. The second kappa shape index (κ2) is 4.72. The van der Waals surface area contributed by atoms with Gasteiger partial charge in [-0.15, -0.1) is 0 Å². The maximum absolute atomic E-state index is 12.2. The van der Waals surface area contributed by atoms with Crippen LogP contribution in [0.3, 0.4) is 0 Å². The van der Waals surface area contributed by atoms with Crippen LogP contribution in [0.2, 0.25) is 0 Å². The molecule has 1 aliphatic heterocycles. The number of piperidine rings is 1. The maximum atomic E-state index is 12.2. The van der Waals surface area contributed by atoms with E-state index in [9.17, 15) is 9.90 Å². The van der Waals surface area contributed by atoms with E-state index in [0.29, 0.717) is 12.1 Å². The van der Waals surface area contributed by atoms with Crippen molar-refractivity contribution in [2.45, 2.75) is 45.3 Å². The summed E-state index contributed by atoms with van der Waals surface area (Å²) < 4.78 is 1.79. The highest BCUT2D eigenvalue weighted by molar-refractivity contribution is 5.93. The van der Waals surface area contributed by atoms with E-state index < -0.39 is 0 Å². The fraction of sp³-hybridized carbons (Fsp3) is 0.692. The third kappa shape index (κ3) is 2.72. The molecule has 1 saturated heterocycles. The Morgan fingerprint density at radius 2 is 2.22 bits per heavy atom. The van der Waals surface area contributed by atoms with Gasteiger partial charge in [0.25, 0.3) is 5.91 Å². The number of nitrogens with zero attached hydrogens (tertiary/aromatic N) is 3. The molecule has 1 aliphatic rings. The maximum Gasteiger partial charge on any atom is 0.257 e. The monoisotopic (exact) mass is 251 g/mol. The molecule has 2 heterocycles. The highest BCUT2D eigenvalue weighted by atomic mass is 16.3. The van der Waals surface area contributed by atoms with E-state index in [2.05, 4.69) is 5.10 Å². The lowest BCUT2D eigenvalue weighted by Gasteiger charge is -2.29. The van der Waals surface area contributed by atoms with E-state index in [1.165, 1.54) is 0 Å². The van der Waals surface area contributed by atoms with Gasteiger partial charge >= 0.3 is 0 Å². The van der Waals surface area contributed by atoms with Gasteiger partial charge in [-0.05, 0) is 33.6 Å². The van der Waals surface area contributed by atoms with E-state index >= 15 is 0 Å². The first-order valence-electron chi connectivity index (χ1n) is 6.40. The lowest BCUT2D eigenvalue weighted by Crippen LogP contribution is -2.42. The number of rotatable bonds is 1. The van der Waals surface area contributed by atoms with Crippen LogP contribution in [0, 0.1) is 0 Å². The molecule has 5 nitrogen and oxygen atoms in total. The average Bonchev–Trinajstić information content (AvgIpc) is 2.77. The lowest BCUT2D eigenvalue weighted by atomic mass is 10.1. The fourth-order valence-corrected chi connectivity index (χ4v) is 2.12. The van der Waals surface area contributed by atoms with Gasteiger partial charge in [0, 0.05) is 19.3 Å². The van der Waals surface area contributed by atoms with Gasteiger partial charge in [-0.1, -0.05) is 0 Å². The second-order valence-corrected chi connectivity index (χ2v) is 5.89. The number of aliphatic hydroxyl groups is 1. The van der Waals surface area contributed by atoms with Gasteiger partial charge in [0.1, 0.15) is 0 Å². The molecule has 1 aromatic heterocycles. The average molecular weight is 251 g/mol. The largest absolute Gasteiger partial charge is 0.391 e. The van der Waals surface area contributed by atoms with Crippen LogP contribution in [-0.2, 0) is 5.54 Å². The van der Waals surface area contributed by atoms with Gasteiger partial charge in [-0.3, -0.25) is 9.48 Å². The molecule has 2 rings (SSSR count). The zero-order chi connectivity index (χ0) is 13.3. The number of aliphatic hydroxyl groups excluding tert-OH is 1. The minimum Gasteiger partial charge on any atom is -0.391 e. The number of hydrogen-bond donors (Lipinski definition) is 1. The minimum absolute atomic E-state index is 0.0377. The van der Waals surface area contributed by atoms with E-state index in [-0.39, 0.29) is 17.6 Å². The Balaban J connectivity index is 2.11. The molecule has 1 fully saturated rings. The number of likely N-dealkylation sites (tertiary alicyclic amines) is 1. The first-order valence-corrected chi connectivity index (χ1v) is 6.40. The van der Waals surface area contributed by atoms with Crippen LogP contribution in [0.1, 0.15) is 44.0 Å². The summed E-state index contributed by atoms with van der Waals surface area (Å²) in [5.74, 6) is -0.0377. The third-order valence-electron chi connectivity index (χ3n) is 3.20. The van der Waals surface area contributed by atoms with E-state index in [4.69, 9.17) is 0 Å². The number of carbonyl (C=O) groups excluding carboxylic acids is 1. The number of amides is 1. The van der Waals surface area contributed by atoms with Crippen molar-refractivity contribution in [1.82, 2.24) is 14.7 Å². The highest BCUT2D eigenvalue weighted by Gasteiger charge is 2.25. The molecule has 1 amide bonds. The van der Waals surface area contributed by atoms with Crippen LogP contribution in [0.5, 0.6) is 0 Å². The molecule has 1 N–H and O–H groups in total. The molecule has 0 aromatic carbocycles. The summed E-state index contributed by atoms with van der Waals surface area (Å²) in [6, 6.07) is 0. The lowest BCUT2D eigenvalue weighted by molar-refractivity contribution is 0.0473. The molecule has 1 atom stereocenters. The molecular weight excluding hydrogens is 230 g/mol.